The number of aromatic nitrogens is 3. The summed E-state index contributed by atoms with van der Waals surface area (Å²) in [6.07, 6.45) is 2.93. The Hall–Kier alpha value is -1.27. The van der Waals surface area contributed by atoms with Crippen LogP contribution in [0.4, 0.5) is 5.95 Å². The number of hydrogen-bond acceptors (Lipinski definition) is 6. The van der Waals surface area contributed by atoms with Crippen LogP contribution in [0, 0.1) is 0 Å². The summed E-state index contributed by atoms with van der Waals surface area (Å²) in [5.41, 5.74) is 5.12. The highest BCUT2D eigenvalue weighted by molar-refractivity contribution is 5.16. The third-order valence-corrected chi connectivity index (χ3v) is 2.72. The van der Waals surface area contributed by atoms with Crippen molar-refractivity contribution in [2.45, 2.75) is 25.4 Å². The molecule has 1 aliphatic rings. The molecular weight excluding hydrogens is 208 g/mol. The second-order valence-corrected chi connectivity index (χ2v) is 3.71. The first-order valence-corrected chi connectivity index (χ1v) is 5.43. The fourth-order valence-electron chi connectivity index (χ4n) is 1.94. The number of nitrogens with zero attached hydrogens (tertiary/aromatic N) is 3. The van der Waals surface area contributed by atoms with E-state index in [-0.39, 0.29) is 5.95 Å². The number of ether oxygens (including phenoxy) is 2. The average Bonchev–Trinajstić information content (AvgIpc) is 2.31. The Bertz CT molecular complexity index is 347. The summed E-state index contributed by atoms with van der Waals surface area (Å²) in [5, 5.41) is 0. The SMILES string of the molecule is CCOC1(c2ncnc(N)n2)CCOCC1. The molecule has 88 valence electrons. The maximum atomic E-state index is 5.82. The monoisotopic (exact) mass is 224 g/mol. The zero-order valence-electron chi connectivity index (χ0n) is 9.35. The number of nitrogens with two attached hydrogens (primary N) is 1. The van der Waals surface area contributed by atoms with E-state index in [9.17, 15) is 0 Å². The summed E-state index contributed by atoms with van der Waals surface area (Å²) < 4.78 is 11.2. The van der Waals surface area contributed by atoms with Gasteiger partial charge in [0.25, 0.3) is 0 Å². The Labute approximate surface area is 94.2 Å². The van der Waals surface area contributed by atoms with Gasteiger partial charge in [0.2, 0.25) is 5.95 Å². The van der Waals surface area contributed by atoms with Crippen LogP contribution in [-0.4, -0.2) is 34.8 Å². The average molecular weight is 224 g/mol. The highest BCUT2D eigenvalue weighted by Gasteiger charge is 2.38. The van der Waals surface area contributed by atoms with Crippen LogP contribution in [0.1, 0.15) is 25.6 Å². The minimum atomic E-state index is -0.454. The van der Waals surface area contributed by atoms with Crippen molar-refractivity contribution < 1.29 is 9.47 Å². The molecule has 0 amide bonds. The van der Waals surface area contributed by atoms with E-state index >= 15 is 0 Å². The summed E-state index contributed by atoms with van der Waals surface area (Å²) in [7, 11) is 0. The summed E-state index contributed by atoms with van der Waals surface area (Å²) in [6, 6.07) is 0. The van der Waals surface area contributed by atoms with Gasteiger partial charge in [-0.05, 0) is 6.92 Å². The van der Waals surface area contributed by atoms with Crippen molar-refractivity contribution in [1.82, 2.24) is 15.0 Å². The van der Waals surface area contributed by atoms with Gasteiger partial charge in [-0.1, -0.05) is 0 Å². The molecule has 1 aromatic rings. The van der Waals surface area contributed by atoms with Crippen LogP contribution in [0.2, 0.25) is 0 Å². The molecule has 0 saturated carbocycles. The molecular formula is C10H16N4O2. The Morgan fingerprint density at radius 2 is 2.19 bits per heavy atom. The van der Waals surface area contributed by atoms with Crippen molar-refractivity contribution in [2.75, 3.05) is 25.6 Å². The molecule has 16 heavy (non-hydrogen) atoms. The van der Waals surface area contributed by atoms with Gasteiger partial charge in [0.1, 0.15) is 11.9 Å². The van der Waals surface area contributed by atoms with Crippen LogP contribution in [0.15, 0.2) is 6.33 Å². The standard InChI is InChI=1S/C10H16N4O2/c1-2-16-10(3-5-15-6-4-10)8-12-7-13-9(11)14-8/h7H,2-6H2,1H3,(H2,11,12,13,14). The van der Waals surface area contributed by atoms with Crippen LogP contribution in [0.5, 0.6) is 0 Å². The van der Waals surface area contributed by atoms with E-state index in [1.165, 1.54) is 6.33 Å². The first-order chi connectivity index (χ1) is 7.77. The highest BCUT2D eigenvalue weighted by Crippen LogP contribution is 2.33. The van der Waals surface area contributed by atoms with Crippen molar-refractivity contribution in [1.29, 1.82) is 0 Å². The van der Waals surface area contributed by atoms with E-state index in [1.807, 2.05) is 6.92 Å². The lowest BCUT2D eigenvalue weighted by molar-refractivity contribution is -0.117. The minimum Gasteiger partial charge on any atom is -0.381 e. The van der Waals surface area contributed by atoms with E-state index in [0.29, 0.717) is 25.6 Å². The first-order valence-electron chi connectivity index (χ1n) is 5.43. The van der Waals surface area contributed by atoms with E-state index in [2.05, 4.69) is 15.0 Å². The molecule has 0 atom stereocenters. The van der Waals surface area contributed by atoms with Gasteiger partial charge in [-0.25, -0.2) is 9.97 Å². The van der Waals surface area contributed by atoms with Crippen molar-refractivity contribution in [3.8, 4) is 0 Å². The van der Waals surface area contributed by atoms with E-state index in [0.717, 1.165) is 12.8 Å². The molecule has 2 rings (SSSR count). The first kappa shape index (κ1) is 11.2. The van der Waals surface area contributed by atoms with Gasteiger partial charge in [-0.2, -0.15) is 4.98 Å². The lowest BCUT2D eigenvalue weighted by Gasteiger charge is -2.35. The lowest BCUT2D eigenvalue weighted by Crippen LogP contribution is -2.38. The number of nitrogen functional groups attached to an aromatic ring is 1. The molecule has 2 heterocycles. The summed E-state index contributed by atoms with van der Waals surface area (Å²) in [4.78, 5) is 12.1. The van der Waals surface area contributed by atoms with Crippen molar-refractivity contribution in [3.63, 3.8) is 0 Å². The molecule has 0 aromatic carbocycles. The molecule has 0 aliphatic carbocycles. The molecule has 0 spiro atoms. The number of rotatable bonds is 3. The molecule has 0 bridgehead atoms. The maximum Gasteiger partial charge on any atom is 0.223 e. The van der Waals surface area contributed by atoms with Gasteiger partial charge in [-0.3, -0.25) is 0 Å². The van der Waals surface area contributed by atoms with Gasteiger partial charge in [0, 0.05) is 32.7 Å². The Kier molecular flexibility index (Phi) is 3.31. The Morgan fingerprint density at radius 1 is 1.44 bits per heavy atom. The van der Waals surface area contributed by atoms with Gasteiger partial charge in [0.05, 0.1) is 0 Å². The van der Waals surface area contributed by atoms with E-state index in [1.54, 1.807) is 0 Å². The quantitative estimate of drug-likeness (QED) is 0.804. The van der Waals surface area contributed by atoms with Crippen molar-refractivity contribution in [3.05, 3.63) is 12.2 Å². The number of hydrogen-bond donors (Lipinski definition) is 1. The predicted octanol–water partition coefficient (Wildman–Crippen LogP) is 0.496. The van der Waals surface area contributed by atoms with Crippen LogP contribution in [0.3, 0.4) is 0 Å². The minimum absolute atomic E-state index is 0.232. The van der Waals surface area contributed by atoms with Gasteiger partial charge >= 0.3 is 0 Å². The largest absolute Gasteiger partial charge is 0.381 e. The van der Waals surface area contributed by atoms with Crippen molar-refractivity contribution >= 4 is 5.95 Å². The summed E-state index contributed by atoms with van der Waals surface area (Å²) in [6.45, 7) is 3.89. The molecule has 0 radical (unpaired) electrons. The molecule has 1 aliphatic heterocycles. The normalized spacial score (nSPS) is 19.6. The van der Waals surface area contributed by atoms with Gasteiger partial charge < -0.3 is 15.2 Å². The molecule has 6 heteroatoms. The molecule has 0 unspecified atom stereocenters. The van der Waals surface area contributed by atoms with Crippen LogP contribution < -0.4 is 5.73 Å². The van der Waals surface area contributed by atoms with Crippen molar-refractivity contribution in [2.24, 2.45) is 0 Å². The molecule has 2 N–H and O–H groups in total. The fourth-order valence-corrected chi connectivity index (χ4v) is 1.94. The van der Waals surface area contributed by atoms with Gasteiger partial charge in [0.15, 0.2) is 5.82 Å². The highest BCUT2D eigenvalue weighted by atomic mass is 16.5. The smallest absolute Gasteiger partial charge is 0.223 e. The zero-order chi connectivity index (χ0) is 11.4. The second kappa shape index (κ2) is 4.71. The predicted molar refractivity (Wildman–Crippen MR) is 57.6 cm³/mol. The molecule has 6 nitrogen and oxygen atoms in total. The molecule has 1 aromatic heterocycles. The third-order valence-electron chi connectivity index (χ3n) is 2.72. The van der Waals surface area contributed by atoms with Crippen LogP contribution in [0.25, 0.3) is 0 Å². The van der Waals surface area contributed by atoms with E-state index < -0.39 is 5.60 Å². The summed E-state index contributed by atoms with van der Waals surface area (Å²) in [5.74, 6) is 0.848. The lowest BCUT2D eigenvalue weighted by atomic mass is 9.93. The Morgan fingerprint density at radius 3 is 2.81 bits per heavy atom. The second-order valence-electron chi connectivity index (χ2n) is 3.71. The Balaban J connectivity index is 2.30. The van der Waals surface area contributed by atoms with Crippen LogP contribution >= 0.6 is 0 Å². The number of anilines is 1. The van der Waals surface area contributed by atoms with Gasteiger partial charge in [-0.15, -0.1) is 0 Å². The van der Waals surface area contributed by atoms with Crippen LogP contribution in [-0.2, 0) is 15.1 Å². The zero-order valence-corrected chi connectivity index (χ0v) is 9.35. The maximum absolute atomic E-state index is 5.82. The topological polar surface area (TPSA) is 83.2 Å². The fraction of sp³-hybridized carbons (Fsp3) is 0.700. The third kappa shape index (κ3) is 2.12. The molecule has 1 saturated heterocycles. The summed E-state index contributed by atoms with van der Waals surface area (Å²) >= 11 is 0. The van der Waals surface area contributed by atoms with E-state index in [4.69, 9.17) is 15.2 Å². The molecule has 1 fully saturated rings.